The molecular weight excluding hydrogens is 198 g/mol. The average Bonchev–Trinajstić information content (AvgIpc) is 3.03. The van der Waals surface area contributed by atoms with Gasteiger partial charge in [-0.3, -0.25) is 0 Å². The van der Waals surface area contributed by atoms with Crippen LogP contribution in [0.2, 0.25) is 0 Å². The summed E-state index contributed by atoms with van der Waals surface area (Å²) in [5.74, 6) is 0. The topological polar surface area (TPSA) is 44.5 Å². The molecule has 0 fully saturated rings. The van der Waals surface area contributed by atoms with Crippen LogP contribution in [0.5, 0.6) is 0 Å². The lowest BCUT2D eigenvalue weighted by molar-refractivity contribution is 1.25. The highest BCUT2D eigenvalue weighted by molar-refractivity contribution is 5.61. The molecule has 3 heteroatoms. The van der Waals surface area contributed by atoms with Crippen LogP contribution in [0.4, 0.5) is 0 Å². The van der Waals surface area contributed by atoms with Crippen molar-refractivity contribution in [2.75, 3.05) is 0 Å². The summed E-state index contributed by atoms with van der Waals surface area (Å²) in [6, 6.07) is 14.0. The maximum atomic E-state index is 4.60. The summed E-state index contributed by atoms with van der Waals surface area (Å²) >= 11 is 0. The molecule has 0 atom stereocenters. The summed E-state index contributed by atoms with van der Waals surface area (Å²) in [6.45, 7) is 0. The minimum absolute atomic E-state index is 0.956. The second kappa shape index (κ2) is 3.70. The molecule has 0 radical (unpaired) electrons. The fourth-order valence-corrected chi connectivity index (χ4v) is 1.71. The molecule has 0 saturated heterocycles. The Bertz CT molecular complexity index is 516. The molecule has 0 aromatic carbocycles. The fraction of sp³-hybridized carbons (Fsp3) is 0. The first kappa shape index (κ1) is 8.97. The van der Waals surface area contributed by atoms with Gasteiger partial charge in [0.25, 0.3) is 0 Å². The second-order valence-corrected chi connectivity index (χ2v) is 3.58. The van der Waals surface area contributed by atoms with Crippen molar-refractivity contribution >= 4 is 0 Å². The summed E-state index contributed by atoms with van der Waals surface area (Å²) in [7, 11) is 0. The molecule has 3 aromatic heterocycles. The van der Waals surface area contributed by atoms with Crippen molar-refractivity contribution in [3.05, 3.63) is 54.9 Å². The quantitative estimate of drug-likeness (QED) is 0.669. The van der Waals surface area contributed by atoms with Crippen LogP contribution in [0.25, 0.3) is 22.8 Å². The van der Waals surface area contributed by atoms with Gasteiger partial charge in [-0.15, -0.1) is 0 Å². The van der Waals surface area contributed by atoms with E-state index in [1.54, 1.807) is 0 Å². The first-order chi connectivity index (χ1) is 7.93. The van der Waals surface area contributed by atoms with Crippen molar-refractivity contribution in [2.45, 2.75) is 0 Å². The Morgan fingerprint density at radius 1 is 0.688 bits per heavy atom. The SMILES string of the molecule is c1cc(-c2ccc[nH]2)nc(-c2ccc[nH]2)c1. The van der Waals surface area contributed by atoms with Gasteiger partial charge in [-0.2, -0.15) is 0 Å². The van der Waals surface area contributed by atoms with Gasteiger partial charge in [-0.05, 0) is 36.4 Å². The van der Waals surface area contributed by atoms with Crippen molar-refractivity contribution in [2.24, 2.45) is 0 Å². The van der Waals surface area contributed by atoms with E-state index in [1.165, 1.54) is 0 Å². The van der Waals surface area contributed by atoms with Crippen LogP contribution >= 0.6 is 0 Å². The van der Waals surface area contributed by atoms with E-state index in [1.807, 2.05) is 54.9 Å². The standard InChI is InChI=1S/C13H11N3/c1-4-12(10-6-2-8-14-10)16-13(5-1)11-7-3-9-15-11/h1-9,14-15H. The zero-order valence-electron chi connectivity index (χ0n) is 8.64. The third-order valence-corrected chi connectivity index (χ3v) is 2.50. The van der Waals surface area contributed by atoms with Crippen LogP contribution in [0, 0.1) is 0 Å². The molecule has 3 nitrogen and oxygen atoms in total. The van der Waals surface area contributed by atoms with Crippen molar-refractivity contribution in [3.63, 3.8) is 0 Å². The van der Waals surface area contributed by atoms with Crippen molar-refractivity contribution in [3.8, 4) is 22.8 Å². The van der Waals surface area contributed by atoms with E-state index in [4.69, 9.17) is 0 Å². The van der Waals surface area contributed by atoms with Crippen LogP contribution in [0.3, 0.4) is 0 Å². The summed E-state index contributed by atoms with van der Waals surface area (Å²) in [6.07, 6.45) is 3.80. The highest BCUT2D eigenvalue weighted by Crippen LogP contribution is 2.19. The number of aromatic amines is 2. The molecule has 3 aromatic rings. The van der Waals surface area contributed by atoms with Gasteiger partial charge in [-0.1, -0.05) is 6.07 Å². The Kier molecular flexibility index (Phi) is 2.07. The molecule has 0 aliphatic heterocycles. The summed E-state index contributed by atoms with van der Waals surface area (Å²) in [5.41, 5.74) is 3.98. The predicted molar refractivity (Wildman–Crippen MR) is 63.8 cm³/mol. The molecule has 0 spiro atoms. The van der Waals surface area contributed by atoms with Crippen LogP contribution in [0.15, 0.2) is 54.9 Å². The Hall–Kier alpha value is -2.29. The van der Waals surface area contributed by atoms with Crippen LogP contribution in [0.1, 0.15) is 0 Å². The molecule has 2 N–H and O–H groups in total. The molecule has 0 unspecified atom stereocenters. The van der Waals surface area contributed by atoms with E-state index in [0.29, 0.717) is 0 Å². The number of hydrogen-bond acceptors (Lipinski definition) is 1. The van der Waals surface area contributed by atoms with Gasteiger partial charge in [-0.25, -0.2) is 4.98 Å². The van der Waals surface area contributed by atoms with E-state index in [0.717, 1.165) is 22.8 Å². The van der Waals surface area contributed by atoms with Crippen LogP contribution in [-0.2, 0) is 0 Å². The maximum absolute atomic E-state index is 4.60. The van der Waals surface area contributed by atoms with Gasteiger partial charge in [0.15, 0.2) is 0 Å². The molecule has 0 amide bonds. The van der Waals surface area contributed by atoms with Crippen LogP contribution in [-0.4, -0.2) is 15.0 Å². The number of aromatic nitrogens is 3. The van der Waals surface area contributed by atoms with Gasteiger partial charge < -0.3 is 9.97 Å². The van der Waals surface area contributed by atoms with E-state index in [2.05, 4.69) is 15.0 Å². The molecule has 0 aliphatic rings. The Morgan fingerprint density at radius 3 is 1.69 bits per heavy atom. The van der Waals surface area contributed by atoms with E-state index >= 15 is 0 Å². The normalized spacial score (nSPS) is 10.5. The van der Waals surface area contributed by atoms with Crippen molar-refractivity contribution in [1.29, 1.82) is 0 Å². The first-order valence-electron chi connectivity index (χ1n) is 5.18. The highest BCUT2D eigenvalue weighted by Gasteiger charge is 2.03. The molecule has 3 rings (SSSR count). The fourth-order valence-electron chi connectivity index (χ4n) is 1.71. The predicted octanol–water partition coefficient (Wildman–Crippen LogP) is 3.07. The molecule has 3 heterocycles. The zero-order valence-corrected chi connectivity index (χ0v) is 8.64. The molecule has 0 saturated carbocycles. The van der Waals surface area contributed by atoms with E-state index in [-0.39, 0.29) is 0 Å². The zero-order chi connectivity index (χ0) is 10.8. The van der Waals surface area contributed by atoms with Crippen LogP contribution < -0.4 is 0 Å². The lowest BCUT2D eigenvalue weighted by atomic mass is 10.2. The smallest absolute Gasteiger partial charge is 0.0872 e. The average molecular weight is 209 g/mol. The minimum Gasteiger partial charge on any atom is -0.360 e. The lowest BCUT2D eigenvalue weighted by Gasteiger charge is -2.01. The minimum atomic E-state index is 0.956. The van der Waals surface area contributed by atoms with E-state index < -0.39 is 0 Å². The Morgan fingerprint density at radius 2 is 1.25 bits per heavy atom. The summed E-state index contributed by atoms with van der Waals surface area (Å²) in [4.78, 5) is 10.9. The Labute approximate surface area is 93.2 Å². The summed E-state index contributed by atoms with van der Waals surface area (Å²) < 4.78 is 0. The lowest BCUT2D eigenvalue weighted by Crippen LogP contribution is -1.87. The monoisotopic (exact) mass is 209 g/mol. The third-order valence-electron chi connectivity index (χ3n) is 2.50. The molecule has 78 valence electrons. The number of nitrogens with one attached hydrogen (secondary N) is 2. The number of pyridine rings is 1. The second-order valence-electron chi connectivity index (χ2n) is 3.58. The number of rotatable bonds is 2. The largest absolute Gasteiger partial charge is 0.360 e. The van der Waals surface area contributed by atoms with E-state index in [9.17, 15) is 0 Å². The number of hydrogen-bond donors (Lipinski definition) is 2. The number of nitrogens with zero attached hydrogens (tertiary/aromatic N) is 1. The first-order valence-corrected chi connectivity index (χ1v) is 5.18. The molecule has 16 heavy (non-hydrogen) atoms. The number of H-pyrrole nitrogens is 2. The maximum Gasteiger partial charge on any atom is 0.0872 e. The molecular formula is C13H11N3. The van der Waals surface area contributed by atoms with Crippen molar-refractivity contribution in [1.82, 2.24) is 15.0 Å². The van der Waals surface area contributed by atoms with Gasteiger partial charge >= 0.3 is 0 Å². The van der Waals surface area contributed by atoms with Gasteiger partial charge in [0, 0.05) is 12.4 Å². The highest BCUT2D eigenvalue weighted by atomic mass is 14.8. The summed E-state index contributed by atoms with van der Waals surface area (Å²) in [5, 5.41) is 0. The Balaban J connectivity index is 2.07. The van der Waals surface area contributed by atoms with Gasteiger partial charge in [0.1, 0.15) is 0 Å². The van der Waals surface area contributed by atoms with Gasteiger partial charge in [0.05, 0.1) is 22.8 Å². The molecule has 0 bridgehead atoms. The third kappa shape index (κ3) is 1.52. The van der Waals surface area contributed by atoms with Crippen molar-refractivity contribution < 1.29 is 0 Å². The molecule has 0 aliphatic carbocycles. The van der Waals surface area contributed by atoms with Gasteiger partial charge in [0.2, 0.25) is 0 Å².